The largest absolute Gasteiger partial charge is 0.271 e. The van der Waals surface area contributed by atoms with E-state index in [0.29, 0.717) is 11.6 Å². The fourth-order valence-electron chi connectivity index (χ4n) is 4.27. The Balaban J connectivity index is 1.80. The van der Waals surface area contributed by atoms with Crippen LogP contribution in [0.1, 0.15) is 63.1 Å². The number of hydrazone groups is 1. The number of nitrogens with one attached hydrogen (secondary N) is 1. The van der Waals surface area contributed by atoms with Gasteiger partial charge in [0.15, 0.2) is 0 Å². The molecule has 7 heteroatoms. The van der Waals surface area contributed by atoms with E-state index in [0.717, 1.165) is 52.4 Å². The van der Waals surface area contributed by atoms with E-state index < -0.39 is 15.9 Å². The number of nitrogens with zero attached hydrogens (tertiary/aromatic N) is 2. The number of carbonyl (C=O) groups is 1. The second-order valence-electron chi connectivity index (χ2n) is 10.4. The summed E-state index contributed by atoms with van der Waals surface area (Å²) in [7, 11) is -3.94. The van der Waals surface area contributed by atoms with E-state index >= 15 is 0 Å². The van der Waals surface area contributed by atoms with Crippen LogP contribution < -0.4 is 9.73 Å². The average molecular weight is 484 g/mol. The summed E-state index contributed by atoms with van der Waals surface area (Å²) in [6, 6.07) is 12.1. The van der Waals surface area contributed by atoms with E-state index in [2.05, 4.69) is 31.3 Å². The van der Waals surface area contributed by atoms with Crippen LogP contribution in [0.5, 0.6) is 0 Å². The molecule has 1 aliphatic rings. The zero-order valence-corrected chi connectivity index (χ0v) is 22.0. The van der Waals surface area contributed by atoms with Gasteiger partial charge in [-0.1, -0.05) is 44.5 Å². The summed E-state index contributed by atoms with van der Waals surface area (Å²) in [6.07, 6.45) is 3.80. The van der Waals surface area contributed by atoms with Gasteiger partial charge in [-0.05, 0) is 93.2 Å². The van der Waals surface area contributed by atoms with Crippen molar-refractivity contribution in [3.63, 3.8) is 0 Å². The van der Waals surface area contributed by atoms with Crippen LogP contribution in [0.4, 0.5) is 5.69 Å². The van der Waals surface area contributed by atoms with E-state index in [4.69, 9.17) is 0 Å². The van der Waals surface area contributed by atoms with E-state index in [-0.39, 0.29) is 16.9 Å². The second kappa shape index (κ2) is 10.3. The van der Waals surface area contributed by atoms with Crippen molar-refractivity contribution in [2.45, 2.75) is 72.1 Å². The van der Waals surface area contributed by atoms with Crippen LogP contribution in [0.3, 0.4) is 0 Å². The van der Waals surface area contributed by atoms with E-state index in [1.807, 2.05) is 26.8 Å². The number of amides is 1. The van der Waals surface area contributed by atoms with Gasteiger partial charge in [-0.3, -0.25) is 9.10 Å². The van der Waals surface area contributed by atoms with Gasteiger partial charge in [0.1, 0.15) is 6.54 Å². The van der Waals surface area contributed by atoms with Gasteiger partial charge in [0.05, 0.1) is 10.6 Å². The third-order valence-electron chi connectivity index (χ3n) is 6.80. The summed E-state index contributed by atoms with van der Waals surface area (Å²) in [5.74, 6) is 0.182. The van der Waals surface area contributed by atoms with Crippen molar-refractivity contribution >= 4 is 27.3 Å². The minimum atomic E-state index is -3.94. The number of aryl methyl sites for hydroxylation is 3. The minimum absolute atomic E-state index is 0.149. The molecule has 0 saturated heterocycles. The molecule has 184 valence electrons. The van der Waals surface area contributed by atoms with Crippen molar-refractivity contribution in [3.8, 4) is 0 Å². The Morgan fingerprint density at radius 1 is 1.00 bits per heavy atom. The van der Waals surface area contributed by atoms with Gasteiger partial charge in [0, 0.05) is 5.71 Å². The maximum Gasteiger partial charge on any atom is 0.264 e. The standard InChI is InChI=1S/C27H37N3O3S/c1-19-7-15-25(16-8-19)34(32,33)30(24-14-9-20(2)21(3)17-24)18-26(31)29-28-23-12-10-22(11-13-23)27(4,5)6/h7-9,14-17,22H,10-13,18H2,1-6H3,(H,29,31). The van der Waals surface area contributed by atoms with Crippen molar-refractivity contribution in [2.75, 3.05) is 10.8 Å². The quantitative estimate of drug-likeness (QED) is 0.550. The molecule has 1 saturated carbocycles. The Morgan fingerprint density at radius 3 is 2.18 bits per heavy atom. The van der Waals surface area contributed by atoms with Gasteiger partial charge in [0.25, 0.3) is 15.9 Å². The zero-order valence-electron chi connectivity index (χ0n) is 21.2. The fraction of sp³-hybridized carbons (Fsp3) is 0.481. The molecular weight excluding hydrogens is 446 g/mol. The van der Waals surface area contributed by atoms with Crippen molar-refractivity contribution in [1.29, 1.82) is 0 Å². The monoisotopic (exact) mass is 483 g/mol. The Labute approximate surface area is 204 Å². The Hall–Kier alpha value is -2.67. The van der Waals surface area contributed by atoms with Gasteiger partial charge in [-0.25, -0.2) is 13.8 Å². The molecule has 0 aliphatic heterocycles. The maximum atomic E-state index is 13.5. The first-order valence-electron chi connectivity index (χ1n) is 11.9. The molecule has 1 amide bonds. The van der Waals surface area contributed by atoms with E-state index in [9.17, 15) is 13.2 Å². The highest BCUT2D eigenvalue weighted by Crippen LogP contribution is 2.36. The summed E-state index contributed by atoms with van der Waals surface area (Å²) in [4.78, 5) is 13.0. The Morgan fingerprint density at radius 2 is 1.62 bits per heavy atom. The predicted octanol–water partition coefficient (Wildman–Crippen LogP) is 5.52. The van der Waals surface area contributed by atoms with Gasteiger partial charge >= 0.3 is 0 Å². The Kier molecular flexibility index (Phi) is 7.86. The van der Waals surface area contributed by atoms with Crippen molar-refractivity contribution < 1.29 is 13.2 Å². The summed E-state index contributed by atoms with van der Waals surface area (Å²) in [6.45, 7) is 12.2. The topological polar surface area (TPSA) is 78.8 Å². The molecule has 34 heavy (non-hydrogen) atoms. The second-order valence-corrected chi connectivity index (χ2v) is 12.3. The van der Waals surface area contributed by atoms with Crippen LogP contribution in [-0.4, -0.2) is 26.6 Å². The highest BCUT2D eigenvalue weighted by molar-refractivity contribution is 7.92. The molecule has 0 radical (unpaired) electrons. The third-order valence-corrected chi connectivity index (χ3v) is 8.59. The number of anilines is 1. The smallest absolute Gasteiger partial charge is 0.264 e. The van der Waals surface area contributed by atoms with Crippen LogP contribution in [0.15, 0.2) is 52.5 Å². The lowest BCUT2D eigenvalue weighted by Gasteiger charge is -2.34. The maximum absolute atomic E-state index is 13.5. The molecule has 6 nitrogen and oxygen atoms in total. The summed E-state index contributed by atoms with van der Waals surface area (Å²) < 4.78 is 28.2. The molecule has 0 heterocycles. The first-order chi connectivity index (χ1) is 15.9. The number of rotatable bonds is 6. The molecule has 2 aromatic carbocycles. The first kappa shape index (κ1) is 25.9. The number of hydrogen-bond acceptors (Lipinski definition) is 4. The number of sulfonamides is 1. The average Bonchev–Trinajstić information content (AvgIpc) is 2.78. The number of hydrogen-bond donors (Lipinski definition) is 1. The molecule has 1 N–H and O–H groups in total. The fourth-order valence-corrected chi connectivity index (χ4v) is 5.68. The molecule has 3 rings (SSSR count). The first-order valence-corrected chi connectivity index (χ1v) is 13.3. The van der Waals surface area contributed by atoms with E-state index in [1.165, 1.54) is 0 Å². The van der Waals surface area contributed by atoms with Crippen LogP contribution in [0.25, 0.3) is 0 Å². The zero-order chi connectivity index (χ0) is 25.1. The summed E-state index contributed by atoms with van der Waals surface area (Å²) in [5, 5.41) is 4.34. The normalized spacial score (nSPS) is 16.8. The summed E-state index contributed by atoms with van der Waals surface area (Å²) in [5.41, 5.74) is 7.27. The lowest BCUT2D eigenvalue weighted by molar-refractivity contribution is -0.119. The van der Waals surface area contributed by atoms with Gasteiger partial charge in [0.2, 0.25) is 0 Å². The van der Waals surface area contributed by atoms with Crippen LogP contribution in [0, 0.1) is 32.1 Å². The van der Waals surface area contributed by atoms with Crippen molar-refractivity contribution in [3.05, 3.63) is 59.2 Å². The van der Waals surface area contributed by atoms with Crippen molar-refractivity contribution in [2.24, 2.45) is 16.4 Å². The molecule has 1 fully saturated rings. The molecule has 0 atom stereocenters. The predicted molar refractivity (Wildman–Crippen MR) is 139 cm³/mol. The Bertz CT molecular complexity index is 1150. The van der Waals surface area contributed by atoms with Gasteiger partial charge < -0.3 is 0 Å². The minimum Gasteiger partial charge on any atom is -0.271 e. The molecule has 0 unspecified atom stereocenters. The van der Waals surface area contributed by atoms with Gasteiger partial charge in [-0.2, -0.15) is 5.10 Å². The van der Waals surface area contributed by atoms with Crippen LogP contribution in [-0.2, 0) is 14.8 Å². The lowest BCUT2D eigenvalue weighted by atomic mass is 9.72. The SMILES string of the molecule is Cc1ccc(S(=O)(=O)N(CC(=O)NN=C2CCC(C(C)(C)C)CC2)c2ccc(C)c(C)c2)cc1. The number of benzene rings is 2. The molecule has 0 aromatic heterocycles. The van der Waals surface area contributed by atoms with E-state index in [1.54, 1.807) is 36.4 Å². The van der Waals surface area contributed by atoms with Crippen LogP contribution >= 0.6 is 0 Å². The molecule has 2 aromatic rings. The van der Waals surface area contributed by atoms with Crippen LogP contribution in [0.2, 0.25) is 0 Å². The van der Waals surface area contributed by atoms with Gasteiger partial charge in [-0.15, -0.1) is 0 Å². The lowest BCUT2D eigenvalue weighted by Crippen LogP contribution is -2.40. The van der Waals surface area contributed by atoms with Crippen molar-refractivity contribution in [1.82, 2.24) is 5.43 Å². The molecule has 0 bridgehead atoms. The molecular formula is C27H37N3O3S. The summed E-state index contributed by atoms with van der Waals surface area (Å²) >= 11 is 0. The number of carbonyl (C=O) groups excluding carboxylic acids is 1. The highest BCUT2D eigenvalue weighted by Gasteiger charge is 2.29. The molecule has 1 aliphatic carbocycles. The molecule has 0 spiro atoms. The highest BCUT2D eigenvalue weighted by atomic mass is 32.2. The third kappa shape index (κ3) is 6.26.